The Morgan fingerprint density at radius 1 is 1.47 bits per heavy atom. The van der Waals surface area contributed by atoms with Gasteiger partial charge in [0.2, 0.25) is 0 Å². The van der Waals surface area contributed by atoms with Crippen molar-refractivity contribution in [2.45, 2.75) is 50.3 Å². The molecule has 0 aromatic rings. The Labute approximate surface area is 102 Å². The molecule has 0 aromatic carbocycles. The van der Waals surface area contributed by atoms with Gasteiger partial charge in [0, 0.05) is 26.9 Å². The monoisotopic (exact) mass is 245 g/mol. The molecule has 0 amide bonds. The number of hydrogen-bond acceptors (Lipinski definition) is 4. The van der Waals surface area contributed by atoms with E-state index >= 15 is 0 Å². The third-order valence-corrected chi connectivity index (χ3v) is 3.54. The summed E-state index contributed by atoms with van der Waals surface area (Å²) >= 11 is 0. The maximum absolute atomic E-state index is 11.4. The van der Waals surface area contributed by atoms with Crippen molar-refractivity contribution in [3.05, 3.63) is 0 Å². The number of rotatable bonds is 7. The van der Waals surface area contributed by atoms with Crippen LogP contribution in [0.3, 0.4) is 0 Å². The Balaban J connectivity index is 2.62. The Bertz CT molecular complexity index is 259. The van der Waals surface area contributed by atoms with E-state index in [0.29, 0.717) is 13.0 Å². The predicted octanol–water partition coefficient (Wildman–Crippen LogP) is 1.02. The molecule has 5 heteroatoms. The van der Waals surface area contributed by atoms with Gasteiger partial charge in [-0.05, 0) is 32.6 Å². The van der Waals surface area contributed by atoms with Gasteiger partial charge in [-0.25, -0.2) is 0 Å². The molecule has 0 aliphatic heterocycles. The third-order valence-electron chi connectivity index (χ3n) is 3.54. The summed E-state index contributed by atoms with van der Waals surface area (Å²) in [7, 11) is 3.26. The van der Waals surface area contributed by atoms with Gasteiger partial charge in [-0.3, -0.25) is 10.1 Å². The maximum Gasteiger partial charge on any atom is 0.323 e. The second-order valence-corrected chi connectivity index (χ2v) is 4.84. The highest BCUT2D eigenvalue weighted by Gasteiger charge is 2.38. The molecule has 0 radical (unpaired) electrons. The molecule has 0 spiro atoms. The van der Waals surface area contributed by atoms with Crippen LogP contribution in [0.15, 0.2) is 0 Å². The number of carboxylic acids is 1. The van der Waals surface area contributed by atoms with E-state index in [2.05, 4.69) is 5.32 Å². The fraction of sp³-hybridized carbons (Fsp3) is 0.917. The van der Waals surface area contributed by atoms with Crippen molar-refractivity contribution in [2.75, 3.05) is 20.8 Å². The summed E-state index contributed by atoms with van der Waals surface area (Å²) < 4.78 is 10.3. The summed E-state index contributed by atoms with van der Waals surface area (Å²) in [6, 6.07) is 0.123. The van der Waals surface area contributed by atoms with Crippen LogP contribution in [0.4, 0.5) is 0 Å². The lowest BCUT2D eigenvalue weighted by Gasteiger charge is -2.32. The van der Waals surface area contributed by atoms with E-state index in [1.165, 1.54) is 0 Å². The SMILES string of the molecule is COCCC(C)(NC1CCCC1OC)C(=O)O. The van der Waals surface area contributed by atoms with Crippen molar-refractivity contribution in [1.29, 1.82) is 0 Å². The highest BCUT2D eigenvalue weighted by molar-refractivity contribution is 5.78. The zero-order chi connectivity index (χ0) is 12.9. The molecule has 5 nitrogen and oxygen atoms in total. The fourth-order valence-electron chi connectivity index (χ4n) is 2.33. The highest BCUT2D eigenvalue weighted by atomic mass is 16.5. The molecule has 2 N–H and O–H groups in total. The van der Waals surface area contributed by atoms with Gasteiger partial charge in [-0.1, -0.05) is 0 Å². The minimum absolute atomic E-state index is 0.121. The average Bonchev–Trinajstić information content (AvgIpc) is 2.73. The van der Waals surface area contributed by atoms with E-state index in [4.69, 9.17) is 9.47 Å². The van der Waals surface area contributed by atoms with Gasteiger partial charge >= 0.3 is 5.97 Å². The van der Waals surface area contributed by atoms with Crippen molar-refractivity contribution < 1.29 is 19.4 Å². The van der Waals surface area contributed by atoms with Crippen molar-refractivity contribution >= 4 is 5.97 Å². The van der Waals surface area contributed by atoms with Crippen LogP contribution in [-0.4, -0.2) is 49.6 Å². The largest absolute Gasteiger partial charge is 0.480 e. The molecule has 1 aliphatic rings. The zero-order valence-corrected chi connectivity index (χ0v) is 10.9. The first-order valence-electron chi connectivity index (χ1n) is 6.06. The Morgan fingerprint density at radius 3 is 2.71 bits per heavy atom. The predicted molar refractivity (Wildman–Crippen MR) is 64.1 cm³/mol. The summed E-state index contributed by atoms with van der Waals surface area (Å²) in [5, 5.41) is 12.5. The molecule has 1 fully saturated rings. The van der Waals surface area contributed by atoms with Gasteiger partial charge < -0.3 is 14.6 Å². The summed E-state index contributed by atoms with van der Waals surface area (Å²) in [6.45, 7) is 2.14. The number of methoxy groups -OCH3 is 2. The lowest BCUT2D eigenvalue weighted by molar-refractivity contribution is -0.145. The van der Waals surface area contributed by atoms with Crippen LogP contribution in [0.5, 0.6) is 0 Å². The molecule has 0 bridgehead atoms. The molecule has 1 saturated carbocycles. The first-order chi connectivity index (χ1) is 8.03. The van der Waals surface area contributed by atoms with Gasteiger partial charge in [0.1, 0.15) is 5.54 Å². The van der Waals surface area contributed by atoms with E-state index < -0.39 is 11.5 Å². The summed E-state index contributed by atoms with van der Waals surface area (Å²) in [5.74, 6) is -0.837. The van der Waals surface area contributed by atoms with Crippen LogP contribution >= 0.6 is 0 Å². The Hall–Kier alpha value is -0.650. The van der Waals surface area contributed by atoms with Gasteiger partial charge in [0.05, 0.1) is 6.10 Å². The summed E-state index contributed by atoms with van der Waals surface area (Å²) in [5.41, 5.74) is -0.943. The van der Waals surface area contributed by atoms with Crippen LogP contribution in [0, 0.1) is 0 Å². The average molecular weight is 245 g/mol. The number of carbonyl (C=O) groups is 1. The van der Waals surface area contributed by atoms with Crippen molar-refractivity contribution in [3.8, 4) is 0 Å². The fourth-order valence-corrected chi connectivity index (χ4v) is 2.33. The number of ether oxygens (including phenoxy) is 2. The van der Waals surface area contributed by atoms with Gasteiger partial charge in [0.25, 0.3) is 0 Å². The number of aliphatic carboxylic acids is 1. The van der Waals surface area contributed by atoms with E-state index in [-0.39, 0.29) is 12.1 Å². The third kappa shape index (κ3) is 3.66. The number of hydrogen-bond donors (Lipinski definition) is 2. The molecule has 3 unspecified atom stereocenters. The lowest BCUT2D eigenvalue weighted by Crippen LogP contribution is -2.56. The molecule has 3 atom stereocenters. The molecule has 17 heavy (non-hydrogen) atoms. The summed E-state index contributed by atoms with van der Waals surface area (Å²) in [4.78, 5) is 11.4. The standard InChI is InChI=1S/C12H23NO4/c1-12(11(14)15,7-8-16-2)13-9-5-4-6-10(9)17-3/h9-10,13H,4-8H2,1-3H3,(H,14,15). The smallest absolute Gasteiger partial charge is 0.323 e. The molecular formula is C12H23NO4. The number of nitrogens with one attached hydrogen (secondary N) is 1. The van der Waals surface area contributed by atoms with Crippen LogP contribution < -0.4 is 5.32 Å². The minimum atomic E-state index is -0.943. The topological polar surface area (TPSA) is 67.8 Å². The van der Waals surface area contributed by atoms with Crippen molar-refractivity contribution in [2.24, 2.45) is 0 Å². The van der Waals surface area contributed by atoms with Crippen LogP contribution in [0.25, 0.3) is 0 Å². The first-order valence-corrected chi connectivity index (χ1v) is 6.06. The molecule has 0 aromatic heterocycles. The van der Waals surface area contributed by atoms with E-state index in [1.807, 2.05) is 0 Å². The summed E-state index contributed by atoms with van der Waals surface area (Å²) in [6.07, 6.45) is 3.61. The van der Waals surface area contributed by atoms with Crippen LogP contribution in [0.1, 0.15) is 32.6 Å². The molecule has 100 valence electrons. The van der Waals surface area contributed by atoms with Gasteiger partial charge in [-0.15, -0.1) is 0 Å². The molecule has 1 aliphatic carbocycles. The molecule has 0 heterocycles. The van der Waals surface area contributed by atoms with Crippen LogP contribution in [-0.2, 0) is 14.3 Å². The second kappa shape index (κ2) is 6.33. The van der Waals surface area contributed by atoms with Gasteiger partial charge in [-0.2, -0.15) is 0 Å². The minimum Gasteiger partial charge on any atom is -0.480 e. The van der Waals surface area contributed by atoms with E-state index in [1.54, 1.807) is 21.1 Å². The Morgan fingerprint density at radius 2 is 2.18 bits per heavy atom. The van der Waals surface area contributed by atoms with Crippen LogP contribution in [0.2, 0.25) is 0 Å². The van der Waals surface area contributed by atoms with E-state index in [0.717, 1.165) is 19.3 Å². The number of carboxylic acid groups (broad SMARTS) is 1. The molecule has 1 rings (SSSR count). The molecule has 0 saturated heterocycles. The first kappa shape index (κ1) is 14.4. The quantitative estimate of drug-likeness (QED) is 0.701. The Kier molecular flexibility index (Phi) is 5.36. The van der Waals surface area contributed by atoms with Crippen molar-refractivity contribution in [1.82, 2.24) is 5.32 Å². The zero-order valence-electron chi connectivity index (χ0n) is 10.9. The second-order valence-electron chi connectivity index (χ2n) is 4.84. The maximum atomic E-state index is 11.4. The van der Waals surface area contributed by atoms with E-state index in [9.17, 15) is 9.90 Å². The van der Waals surface area contributed by atoms with Crippen molar-refractivity contribution in [3.63, 3.8) is 0 Å². The lowest BCUT2D eigenvalue weighted by atomic mass is 9.96. The normalized spacial score (nSPS) is 27.9. The molecular weight excluding hydrogens is 222 g/mol. The van der Waals surface area contributed by atoms with Gasteiger partial charge in [0.15, 0.2) is 0 Å². The highest BCUT2D eigenvalue weighted by Crippen LogP contribution is 2.24.